The van der Waals surface area contributed by atoms with Gasteiger partial charge in [0.2, 0.25) is 0 Å². The summed E-state index contributed by atoms with van der Waals surface area (Å²) in [6.07, 6.45) is 3.27. The number of hydrogen-bond donors (Lipinski definition) is 1. The van der Waals surface area contributed by atoms with E-state index in [0.717, 1.165) is 32.4 Å². The van der Waals surface area contributed by atoms with Gasteiger partial charge in [-0.25, -0.2) is 4.79 Å². The number of aliphatic hydroxyl groups excluding tert-OH is 1. The van der Waals surface area contributed by atoms with Crippen LogP contribution in [0.2, 0.25) is 0 Å². The molecule has 0 aromatic heterocycles. The van der Waals surface area contributed by atoms with Crippen LogP contribution in [0.15, 0.2) is 42.0 Å². The van der Waals surface area contributed by atoms with Gasteiger partial charge < -0.3 is 19.3 Å². The van der Waals surface area contributed by atoms with Crippen LogP contribution in [-0.4, -0.2) is 71.1 Å². The van der Waals surface area contributed by atoms with Crippen LogP contribution in [0.3, 0.4) is 0 Å². The van der Waals surface area contributed by atoms with Gasteiger partial charge in [0.25, 0.3) is 0 Å². The summed E-state index contributed by atoms with van der Waals surface area (Å²) in [5.41, 5.74) is 1.28. The molecule has 6 rings (SSSR count). The second-order valence-electron chi connectivity index (χ2n) is 11.0. The van der Waals surface area contributed by atoms with E-state index in [1.165, 1.54) is 5.56 Å². The molecule has 2 bridgehead atoms. The zero-order chi connectivity index (χ0) is 23.6. The molecule has 7 nitrogen and oxygen atoms in total. The van der Waals surface area contributed by atoms with Crippen LogP contribution in [0.1, 0.15) is 38.7 Å². The fourth-order valence-electron chi connectivity index (χ4n) is 6.76. The molecule has 1 aromatic carbocycles. The SMILES string of the molecule is CC1C(=O)O[C@H]2C[C@]3(C)O[C@H]3[C@H](O)[C@H](N3CCC(Cc4ccccc4)CC3)C3=C[C@@H](OC3=O)[C@H]12. The molecule has 0 radical (unpaired) electrons. The van der Waals surface area contributed by atoms with Crippen molar-refractivity contribution in [2.75, 3.05) is 13.1 Å². The van der Waals surface area contributed by atoms with Crippen molar-refractivity contribution in [3.63, 3.8) is 0 Å². The van der Waals surface area contributed by atoms with E-state index in [4.69, 9.17) is 14.2 Å². The van der Waals surface area contributed by atoms with Gasteiger partial charge in [0.15, 0.2) is 0 Å². The van der Waals surface area contributed by atoms with E-state index in [9.17, 15) is 14.7 Å². The summed E-state index contributed by atoms with van der Waals surface area (Å²) < 4.78 is 17.5. The average Bonchev–Trinajstić information content (AvgIpc) is 3.23. The minimum absolute atomic E-state index is 0.233. The quantitative estimate of drug-likeness (QED) is 0.539. The Morgan fingerprint density at radius 2 is 1.85 bits per heavy atom. The second-order valence-corrected chi connectivity index (χ2v) is 11.0. The number of nitrogens with zero attached hydrogens (tertiary/aromatic N) is 1. The number of ether oxygens (including phenoxy) is 3. The van der Waals surface area contributed by atoms with Gasteiger partial charge in [-0.2, -0.15) is 0 Å². The third-order valence-corrected chi connectivity index (χ3v) is 8.76. The number of piperidine rings is 1. The molecule has 0 saturated carbocycles. The summed E-state index contributed by atoms with van der Waals surface area (Å²) >= 11 is 0. The van der Waals surface area contributed by atoms with Gasteiger partial charge in [-0.1, -0.05) is 37.3 Å². The molecule has 34 heavy (non-hydrogen) atoms. The molecule has 0 amide bonds. The number of aliphatic hydroxyl groups is 1. The molecule has 4 aliphatic heterocycles. The van der Waals surface area contributed by atoms with Crippen LogP contribution in [0, 0.1) is 17.8 Å². The third-order valence-electron chi connectivity index (χ3n) is 8.76. The van der Waals surface area contributed by atoms with Crippen LogP contribution >= 0.6 is 0 Å². The molecule has 8 atom stereocenters. The van der Waals surface area contributed by atoms with E-state index in [1.54, 1.807) is 0 Å². The Labute approximate surface area is 200 Å². The minimum Gasteiger partial charge on any atom is -0.462 e. The Bertz CT molecular complexity index is 1000. The molecule has 1 unspecified atom stereocenters. The topological polar surface area (TPSA) is 88.6 Å². The Kier molecular flexibility index (Phi) is 5.35. The monoisotopic (exact) mass is 467 g/mol. The Balaban J connectivity index is 1.25. The Morgan fingerprint density at radius 1 is 1.12 bits per heavy atom. The number of hydrogen-bond acceptors (Lipinski definition) is 7. The van der Waals surface area contributed by atoms with Gasteiger partial charge in [0.1, 0.15) is 24.4 Å². The number of carbonyl (C=O) groups excluding carboxylic acids is 2. The van der Waals surface area contributed by atoms with Gasteiger partial charge in [0, 0.05) is 12.3 Å². The summed E-state index contributed by atoms with van der Waals surface area (Å²) in [6, 6.07) is 10.1. The predicted octanol–water partition coefficient (Wildman–Crippen LogP) is 2.26. The fraction of sp³-hybridized carbons (Fsp3) is 0.630. The van der Waals surface area contributed by atoms with E-state index in [-0.39, 0.29) is 23.9 Å². The van der Waals surface area contributed by atoms with Crippen molar-refractivity contribution >= 4 is 11.9 Å². The lowest BCUT2D eigenvalue weighted by molar-refractivity contribution is -0.144. The normalized spacial score (nSPS) is 42.3. The molecule has 7 heteroatoms. The first-order valence-corrected chi connectivity index (χ1v) is 12.6. The van der Waals surface area contributed by atoms with E-state index < -0.39 is 35.9 Å². The standard InChI is InChI=1S/C27H33NO6/c1-15-21-19-13-18(26(31)32-19)22(23(29)24-27(2,34-24)14-20(21)33-25(15)30)28-10-8-17(9-11-28)12-16-6-4-3-5-7-16/h3-7,13,15,17,19-24,29H,8-12,14H2,1-2H3/t15?,19-,20+,21+,22-,23-,24+,27+/m1/s1. The summed E-state index contributed by atoms with van der Waals surface area (Å²) in [4.78, 5) is 27.7. The maximum atomic E-state index is 13.1. The number of esters is 2. The van der Waals surface area contributed by atoms with E-state index in [0.29, 0.717) is 17.9 Å². The van der Waals surface area contributed by atoms with Gasteiger partial charge in [-0.15, -0.1) is 0 Å². The molecule has 1 aliphatic carbocycles. The number of likely N-dealkylation sites (tertiary alicyclic amines) is 1. The van der Waals surface area contributed by atoms with Gasteiger partial charge in [0.05, 0.1) is 23.1 Å². The highest BCUT2D eigenvalue weighted by Gasteiger charge is 2.64. The van der Waals surface area contributed by atoms with Gasteiger partial charge in [-0.05, 0) is 56.8 Å². The number of rotatable bonds is 3. The molecule has 0 spiro atoms. The van der Waals surface area contributed by atoms with Crippen LogP contribution < -0.4 is 0 Å². The fourth-order valence-corrected chi connectivity index (χ4v) is 6.76. The number of fused-ring (bicyclic) bond motifs is 4. The molecule has 4 heterocycles. The Hall–Kier alpha value is -2.22. The van der Waals surface area contributed by atoms with Crippen LogP contribution in [0.5, 0.6) is 0 Å². The second kappa shape index (κ2) is 8.18. The highest BCUT2D eigenvalue weighted by molar-refractivity contribution is 5.92. The van der Waals surface area contributed by atoms with Gasteiger partial charge in [-0.3, -0.25) is 9.69 Å². The lowest BCUT2D eigenvalue weighted by Gasteiger charge is -2.39. The number of epoxide rings is 1. The number of benzene rings is 1. The first-order valence-electron chi connectivity index (χ1n) is 12.6. The first kappa shape index (κ1) is 22.3. The summed E-state index contributed by atoms with van der Waals surface area (Å²) in [7, 11) is 0. The van der Waals surface area contributed by atoms with Gasteiger partial charge >= 0.3 is 11.9 Å². The van der Waals surface area contributed by atoms with Crippen molar-refractivity contribution in [2.24, 2.45) is 17.8 Å². The molecular weight excluding hydrogens is 434 g/mol. The molecule has 182 valence electrons. The third kappa shape index (κ3) is 3.69. The van der Waals surface area contributed by atoms with Crippen molar-refractivity contribution in [3.05, 3.63) is 47.5 Å². The molecule has 1 aromatic rings. The largest absolute Gasteiger partial charge is 0.462 e. The van der Waals surface area contributed by atoms with E-state index >= 15 is 0 Å². The zero-order valence-electron chi connectivity index (χ0n) is 19.8. The summed E-state index contributed by atoms with van der Waals surface area (Å²) in [5, 5.41) is 11.5. The van der Waals surface area contributed by atoms with Crippen molar-refractivity contribution in [1.29, 1.82) is 0 Å². The number of carbonyl (C=O) groups is 2. The zero-order valence-corrected chi connectivity index (χ0v) is 19.8. The van der Waals surface area contributed by atoms with Crippen LogP contribution in [-0.2, 0) is 30.2 Å². The minimum atomic E-state index is -0.848. The molecule has 1 N–H and O–H groups in total. The summed E-state index contributed by atoms with van der Waals surface area (Å²) in [6.45, 7) is 5.43. The lowest BCUT2D eigenvalue weighted by atomic mass is 9.79. The average molecular weight is 468 g/mol. The lowest BCUT2D eigenvalue weighted by Crippen LogP contribution is -2.52. The maximum absolute atomic E-state index is 13.1. The molecule has 3 fully saturated rings. The smallest absolute Gasteiger partial charge is 0.336 e. The van der Waals surface area contributed by atoms with E-state index in [2.05, 4.69) is 29.2 Å². The Morgan fingerprint density at radius 3 is 2.59 bits per heavy atom. The maximum Gasteiger partial charge on any atom is 0.336 e. The predicted molar refractivity (Wildman–Crippen MR) is 123 cm³/mol. The highest BCUT2D eigenvalue weighted by Crippen LogP contribution is 2.50. The molecule has 5 aliphatic rings. The van der Waals surface area contributed by atoms with Crippen LogP contribution in [0.25, 0.3) is 0 Å². The van der Waals surface area contributed by atoms with Crippen molar-refractivity contribution in [2.45, 2.75) is 75.6 Å². The van der Waals surface area contributed by atoms with Crippen LogP contribution in [0.4, 0.5) is 0 Å². The van der Waals surface area contributed by atoms with E-state index in [1.807, 2.05) is 26.0 Å². The van der Waals surface area contributed by atoms with Crippen molar-refractivity contribution in [3.8, 4) is 0 Å². The first-order chi connectivity index (χ1) is 16.3. The molecule has 3 saturated heterocycles. The highest BCUT2D eigenvalue weighted by atomic mass is 16.6. The molecular formula is C27H33NO6. The summed E-state index contributed by atoms with van der Waals surface area (Å²) in [5.74, 6) is -0.655. The van der Waals surface area contributed by atoms with Crippen molar-refractivity contribution in [1.82, 2.24) is 4.90 Å². The van der Waals surface area contributed by atoms with Crippen molar-refractivity contribution < 1.29 is 28.9 Å².